The highest BCUT2D eigenvalue weighted by Crippen LogP contribution is 2.25. The standard InChI is InChI=1S/C22H22N2O/c1-16-11-17(2)22(18(3)12-16)24-15-21-10-9-20(25-21)14-23-13-19-7-5-4-6-8-19/h4-12,14-15H,13H2,1-3H3. The van der Waals surface area contributed by atoms with E-state index in [9.17, 15) is 0 Å². The van der Waals surface area contributed by atoms with Gasteiger partial charge in [0.25, 0.3) is 0 Å². The van der Waals surface area contributed by atoms with E-state index in [2.05, 4.69) is 55.0 Å². The molecule has 0 unspecified atom stereocenters. The first kappa shape index (κ1) is 16.9. The average molecular weight is 330 g/mol. The third kappa shape index (κ3) is 4.54. The average Bonchev–Trinajstić information content (AvgIpc) is 3.03. The van der Waals surface area contributed by atoms with Crippen molar-refractivity contribution < 1.29 is 4.42 Å². The van der Waals surface area contributed by atoms with Crippen molar-refractivity contribution in [2.75, 3.05) is 0 Å². The molecule has 126 valence electrons. The minimum Gasteiger partial charge on any atom is -0.454 e. The molecule has 3 aromatic rings. The van der Waals surface area contributed by atoms with E-state index in [-0.39, 0.29) is 0 Å². The van der Waals surface area contributed by atoms with Crippen LogP contribution in [0.25, 0.3) is 0 Å². The van der Waals surface area contributed by atoms with Crippen LogP contribution in [0.5, 0.6) is 0 Å². The van der Waals surface area contributed by atoms with Gasteiger partial charge in [-0.05, 0) is 49.6 Å². The maximum Gasteiger partial charge on any atom is 0.145 e. The number of rotatable bonds is 5. The molecule has 1 aromatic heterocycles. The minimum atomic E-state index is 0.646. The zero-order valence-corrected chi connectivity index (χ0v) is 14.9. The Kier molecular flexibility index (Phi) is 5.24. The van der Waals surface area contributed by atoms with Gasteiger partial charge in [0, 0.05) is 0 Å². The normalized spacial score (nSPS) is 11.6. The van der Waals surface area contributed by atoms with Gasteiger partial charge in [-0.25, -0.2) is 0 Å². The summed E-state index contributed by atoms with van der Waals surface area (Å²) in [5, 5.41) is 0. The van der Waals surface area contributed by atoms with Gasteiger partial charge in [0.05, 0.1) is 24.7 Å². The molecule has 0 saturated carbocycles. The molecule has 0 atom stereocenters. The number of hydrogen-bond donors (Lipinski definition) is 0. The van der Waals surface area contributed by atoms with Crippen LogP contribution in [0.4, 0.5) is 5.69 Å². The first-order chi connectivity index (χ1) is 12.1. The zero-order valence-electron chi connectivity index (χ0n) is 14.9. The first-order valence-corrected chi connectivity index (χ1v) is 8.37. The van der Waals surface area contributed by atoms with Crippen molar-refractivity contribution in [3.63, 3.8) is 0 Å². The monoisotopic (exact) mass is 330 g/mol. The maximum absolute atomic E-state index is 5.75. The van der Waals surface area contributed by atoms with Gasteiger partial charge < -0.3 is 4.42 Å². The van der Waals surface area contributed by atoms with Crippen LogP contribution >= 0.6 is 0 Å². The Hall–Kier alpha value is -2.94. The Bertz CT molecular complexity index is 882. The third-order valence-corrected chi connectivity index (χ3v) is 3.94. The van der Waals surface area contributed by atoms with Crippen molar-refractivity contribution in [2.45, 2.75) is 27.3 Å². The lowest BCUT2D eigenvalue weighted by atomic mass is 10.1. The molecule has 0 aliphatic heterocycles. The summed E-state index contributed by atoms with van der Waals surface area (Å²) in [7, 11) is 0. The Balaban J connectivity index is 1.68. The van der Waals surface area contributed by atoms with Crippen molar-refractivity contribution in [3.8, 4) is 0 Å². The molecular weight excluding hydrogens is 308 g/mol. The third-order valence-electron chi connectivity index (χ3n) is 3.94. The van der Waals surface area contributed by atoms with E-state index in [0.29, 0.717) is 6.54 Å². The van der Waals surface area contributed by atoms with Crippen LogP contribution in [-0.2, 0) is 6.54 Å². The molecular formula is C22H22N2O. The summed E-state index contributed by atoms with van der Waals surface area (Å²) in [5.74, 6) is 1.45. The van der Waals surface area contributed by atoms with Gasteiger partial charge in [0.1, 0.15) is 11.5 Å². The predicted octanol–water partition coefficient (Wildman–Crippen LogP) is 5.57. The molecule has 2 aromatic carbocycles. The summed E-state index contributed by atoms with van der Waals surface area (Å²) in [6.45, 7) is 6.90. The lowest BCUT2D eigenvalue weighted by Crippen LogP contribution is -1.85. The van der Waals surface area contributed by atoms with Crippen LogP contribution in [0.1, 0.15) is 33.8 Å². The molecule has 3 heteroatoms. The second-order valence-electron chi connectivity index (χ2n) is 6.20. The largest absolute Gasteiger partial charge is 0.454 e. The quantitative estimate of drug-likeness (QED) is 0.563. The number of benzene rings is 2. The maximum atomic E-state index is 5.75. The SMILES string of the molecule is Cc1cc(C)c(N=Cc2ccc(C=NCc3ccccc3)o2)c(C)c1. The molecule has 1 heterocycles. The van der Waals surface area contributed by atoms with Crippen LogP contribution in [0.15, 0.2) is 69.0 Å². The Morgan fingerprint density at radius 1 is 0.840 bits per heavy atom. The second-order valence-corrected chi connectivity index (χ2v) is 6.20. The number of furan rings is 1. The van der Waals surface area contributed by atoms with E-state index in [1.807, 2.05) is 30.3 Å². The van der Waals surface area contributed by atoms with Crippen LogP contribution in [0.3, 0.4) is 0 Å². The van der Waals surface area contributed by atoms with Crippen LogP contribution < -0.4 is 0 Å². The van der Waals surface area contributed by atoms with Gasteiger partial charge >= 0.3 is 0 Å². The number of aryl methyl sites for hydroxylation is 3. The van der Waals surface area contributed by atoms with Crippen molar-refractivity contribution >= 4 is 18.1 Å². The summed E-state index contributed by atoms with van der Waals surface area (Å²) in [6.07, 6.45) is 3.52. The summed E-state index contributed by atoms with van der Waals surface area (Å²) in [5.41, 5.74) is 5.78. The number of nitrogens with zero attached hydrogens (tertiary/aromatic N) is 2. The van der Waals surface area contributed by atoms with Gasteiger partial charge in [-0.3, -0.25) is 9.98 Å². The molecule has 0 fully saturated rings. The molecule has 25 heavy (non-hydrogen) atoms. The summed E-state index contributed by atoms with van der Waals surface area (Å²) in [4.78, 5) is 9.01. The van der Waals surface area contributed by atoms with Crippen molar-refractivity contribution in [1.29, 1.82) is 0 Å². The van der Waals surface area contributed by atoms with E-state index in [1.54, 1.807) is 12.4 Å². The van der Waals surface area contributed by atoms with E-state index in [0.717, 1.165) is 17.2 Å². The Morgan fingerprint density at radius 3 is 2.16 bits per heavy atom. The van der Waals surface area contributed by atoms with Gasteiger partial charge in [-0.15, -0.1) is 0 Å². The fraction of sp³-hybridized carbons (Fsp3) is 0.182. The van der Waals surface area contributed by atoms with Crippen molar-refractivity contribution in [2.24, 2.45) is 9.98 Å². The van der Waals surface area contributed by atoms with E-state index in [1.165, 1.54) is 22.3 Å². The molecule has 0 radical (unpaired) electrons. The number of hydrogen-bond acceptors (Lipinski definition) is 3. The molecule has 0 saturated heterocycles. The van der Waals surface area contributed by atoms with Crippen molar-refractivity contribution in [3.05, 3.63) is 88.4 Å². The second kappa shape index (κ2) is 7.75. The Labute approximate surface area is 148 Å². The van der Waals surface area contributed by atoms with Gasteiger partial charge in [-0.2, -0.15) is 0 Å². The molecule has 0 aliphatic carbocycles. The minimum absolute atomic E-state index is 0.646. The lowest BCUT2D eigenvalue weighted by Gasteiger charge is -2.05. The highest BCUT2D eigenvalue weighted by molar-refractivity contribution is 5.83. The van der Waals surface area contributed by atoms with Crippen molar-refractivity contribution in [1.82, 2.24) is 0 Å². The van der Waals surface area contributed by atoms with E-state index < -0.39 is 0 Å². The van der Waals surface area contributed by atoms with Gasteiger partial charge in [0.2, 0.25) is 0 Å². The molecule has 0 N–H and O–H groups in total. The predicted molar refractivity (Wildman–Crippen MR) is 104 cm³/mol. The highest BCUT2D eigenvalue weighted by atomic mass is 16.3. The molecule has 3 rings (SSSR count). The molecule has 3 nitrogen and oxygen atoms in total. The van der Waals surface area contributed by atoms with E-state index in [4.69, 9.17) is 4.42 Å². The fourth-order valence-electron chi connectivity index (χ4n) is 2.84. The topological polar surface area (TPSA) is 37.9 Å². The summed E-state index contributed by atoms with van der Waals surface area (Å²) < 4.78 is 5.75. The first-order valence-electron chi connectivity index (χ1n) is 8.37. The molecule has 0 bridgehead atoms. The molecule has 0 amide bonds. The smallest absolute Gasteiger partial charge is 0.145 e. The van der Waals surface area contributed by atoms with Gasteiger partial charge in [-0.1, -0.05) is 48.0 Å². The summed E-state index contributed by atoms with van der Waals surface area (Å²) in [6, 6.07) is 18.3. The Morgan fingerprint density at radius 2 is 1.48 bits per heavy atom. The molecule has 0 aliphatic rings. The molecule has 0 spiro atoms. The lowest BCUT2D eigenvalue weighted by molar-refractivity contribution is 0.553. The fourth-order valence-corrected chi connectivity index (χ4v) is 2.84. The van der Waals surface area contributed by atoms with Gasteiger partial charge in [0.15, 0.2) is 0 Å². The van der Waals surface area contributed by atoms with Crippen LogP contribution in [-0.4, -0.2) is 12.4 Å². The van der Waals surface area contributed by atoms with Crippen LogP contribution in [0, 0.1) is 20.8 Å². The van der Waals surface area contributed by atoms with E-state index >= 15 is 0 Å². The van der Waals surface area contributed by atoms with Crippen LogP contribution in [0.2, 0.25) is 0 Å². The highest BCUT2D eigenvalue weighted by Gasteiger charge is 2.03. The summed E-state index contributed by atoms with van der Waals surface area (Å²) >= 11 is 0. The number of aliphatic imine (C=N–C) groups is 2. The zero-order chi connectivity index (χ0) is 17.6.